The SMILES string of the molecule is C[C@H](Oc1ccc(Cl)cc1Cl)C(=O)NNC(=O)c1ccccc1[N+](=O)[O-]. The molecule has 8 nitrogen and oxygen atoms in total. The van der Waals surface area contributed by atoms with Crippen LogP contribution in [0.1, 0.15) is 17.3 Å². The highest BCUT2D eigenvalue weighted by Crippen LogP contribution is 2.28. The summed E-state index contributed by atoms with van der Waals surface area (Å²) in [6.07, 6.45) is -1.00. The van der Waals surface area contributed by atoms with Crippen molar-refractivity contribution in [1.29, 1.82) is 0 Å². The molecule has 2 rings (SSSR count). The van der Waals surface area contributed by atoms with Gasteiger partial charge in [-0.3, -0.25) is 30.6 Å². The number of nitro groups is 1. The summed E-state index contributed by atoms with van der Waals surface area (Å²) >= 11 is 11.7. The number of ether oxygens (including phenoxy) is 1. The summed E-state index contributed by atoms with van der Waals surface area (Å²) in [7, 11) is 0. The van der Waals surface area contributed by atoms with Crippen molar-refractivity contribution < 1.29 is 19.2 Å². The molecule has 0 heterocycles. The number of nitrogens with one attached hydrogen (secondary N) is 2. The number of hydrogen-bond donors (Lipinski definition) is 2. The van der Waals surface area contributed by atoms with Gasteiger partial charge >= 0.3 is 0 Å². The van der Waals surface area contributed by atoms with Gasteiger partial charge in [0.25, 0.3) is 17.5 Å². The topological polar surface area (TPSA) is 111 Å². The van der Waals surface area contributed by atoms with E-state index in [0.29, 0.717) is 5.02 Å². The zero-order valence-corrected chi connectivity index (χ0v) is 14.9. The van der Waals surface area contributed by atoms with Gasteiger partial charge in [0.15, 0.2) is 6.10 Å². The number of benzene rings is 2. The summed E-state index contributed by atoms with van der Waals surface area (Å²) in [5.41, 5.74) is 3.68. The third kappa shape index (κ3) is 4.84. The average molecular weight is 398 g/mol. The molecule has 0 radical (unpaired) electrons. The van der Waals surface area contributed by atoms with Crippen LogP contribution in [0.3, 0.4) is 0 Å². The van der Waals surface area contributed by atoms with Gasteiger partial charge in [-0.25, -0.2) is 0 Å². The molecule has 10 heteroatoms. The first-order valence-corrected chi connectivity index (χ1v) is 8.00. The predicted octanol–water partition coefficient (Wildman–Crippen LogP) is 3.13. The first kappa shape index (κ1) is 19.5. The summed E-state index contributed by atoms with van der Waals surface area (Å²) in [5.74, 6) is -1.27. The maximum atomic E-state index is 12.0. The van der Waals surface area contributed by atoms with Crippen LogP contribution in [0.5, 0.6) is 5.75 Å². The van der Waals surface area contributed by atoms with Crippen LogP contribution in [0, 0.1) is 10.1 Å². The van der Waals surface area contributed by atoms with Crippen LogP contribution >= 0.6 is 23.2 Å². The maximum Gasteiger partial charge on any atom is 0.282 e. The van der Waals surface area contributed by atoms with Crippen molar-refractivity contribution in [1.82, 2.24) is 10.9 Å². The summed E-state index contributed by atoms with van der Waals surface area (Å²) in [4.78, 5) is 34.3. The van der Waals surface area contributed by atoms with Crippen LogP contribution in [0.4, 0.5) is 5.69 Å². The van der Waals surface area contributed by atoms with Gasteiger partial charge in [0, 0.05) is 11.1 Å². The molecule has 0 bridgehead atoms. The van der Waals surface area contributed by atoms with Crippen LogP contribution in [0.2, 0.25) is 10.0 Å². The second kappa shape index (κ2) is 8.50. The Kier molecular flexibility index (Phi) is 6.37. The third-order valence-electron chi connectivity index (χ3n) is 3.21. The van der Waals surface area contributed by atoms with E-state index in [2.05, 4.69) is 10.9 Å². The molecule has 2 aromatic rings. The van der Waals surface area contributed by atoms with Crippen molar-refractivity contribution in [3.63, 3.8) is 0 Å². The van der Waals surface area contributed by atoms with Crippen LogP contribution in [0.25, 0.3) is 0 Å². The van der Waals surface area contributed by atoms with E-state index in [1.807, 2.05) is 0 Å². The lowest BCUT2D eigenvalue weighted by atomic mass is 10.2. The Morgan fingerprint density at radius 3 is 2.50 bits per heavy atom. The van der Waals surface area contributed by atoms with Crippen LogP contribution < -0.4 is 15.6 Å². The smallest absolute Gasteiger partial charge is 0.282 e. The highest BCUT2D eigenvalue weighted by Gasteiger charge is 2.21. The Hall–Kier alpha value is -2.84. The monoisotopic (exact) mass is 397 g/mol. The van der Waals surface area contributed by atoms with Crippen molar-refractivity contribution in [2.75, 3.05) is 0 Å². The molecule has 0 spiro atoms. The zero-order valence-electron chi connectivity index (χ0n) is 13.4. The zero-order chi connectivity index (χ0) is 19.3. The van der Waals surface area contributed by atoms with Gasteiger partial charge in [0.05, 0.1) is 9.95 Å². The number of hydrogen-bond acceptors (Lipinski definition) is 5. The van der Waals surface area contributed by atoms with Gasteiger partial charge in [0.1, 0.15) is 11.3 Å². The van der Waals surface area contributed by atoms with E-state index in [0.717, 1.165) is 0 Å². The standard InChI is InChI=1S/C16H13Cl2N3O5/c1-9(26-14-7-6-10(17)8-12(14)18)15(22)19-20-16(23)11-4-2-3-5-13(11)21(24)25/h2-9H,1H3,(H,19,22)(H,20,23)/t9-/m0/s1. The van der Waals surface area contributed by atoms with E-state index < -0.39 is 22.8 Å². The van der Waals surface area contributed by atoms with Gasteiger partial charge in [0.2, 0.25) is 0 Å². The Bertz CT molecular complexity index is 860. The Morgan fingerprint density at radius 1 is 1.15 bits per heavy atom. The van der Waals surface area contributed by atoms with E-state index in [1.165, 1.54) is 43.3 Å². The number of para-hydroxylation sites is 1. The minimum absolute atomic E-state index is 0.188. The molecular weight excluding hydrogens is 385 g/mol. The average Bonchev–Trinajstić information content (AvgIpc) is 2.61. The largest absolute Gasteiger partial charge is 0.479 e. The molecule has 0 saturated heterocycles. The number of nitro benzene ring substituents is 1. The molecule has 2 amide bonds. The van der Waals surface area contributed by atoms with Crippen molar-refractivity contribution in [3.8, 4) is 5.75 Å². The first-order chi connectivity index (χ1) is 12.3. The highest BCUT2D eigenvalue weighted by molar-refractivity contribution is 6.35. The van der Waals surface area contributed by atoms with Gasteiger partial charge in [-0.05, 0) is 31.2 Å². The second-order valence-corrected chi connectivity index (χ2v) is 5.90. The predicted molar refractivity (Wildman–Crippen MR) is 95.3 cm³/mol. The fraction of sp³-hybridized carbons (Fsp3) is 0.125. The summed E-state index contributed by atoms with van der Waals surface area (Å²) in [6.45, 7) is 1.44. The summed E-state index contributed by atoms with van der Waals surface area (Å²) in [6, 6.07) is 9.86. The normalized spacial score (nSPS) is 11.3. The second-order valence-electron chi connectivity index (χ2n) is 5.05. The highest BCUT2D eigenvalue weighted by atomic mass is 35.5. The molecule has 26 heavy (non-hydrogen) atoms. The molecule has 0 aliphatic rings. The third-order valence-corrected chi connectivity index (χ3v) is 3.74. The molecule has 0 fully saturated rings. The quantitative estimate of drug-likeness (QED) is 0.594. The molecule has 0 unspecified atom stereocenters. The summed E-state index contributed by atoms with van der Waals surface area (Å²) < 4.78 is 5.40. The Balaban J connectivity index is 1.97. The van der Waals surface area contributed by atoms with E-state index in [9.17, 15) is 19.7 Å². The Labute approximate surface area is 158 Å². The molecule has 0 aromatic heterocycles. The lowest BCUT2D eigenvalue weighted by Crippen LogP contribution is -2.47. The molecule has 136 valence electrons. The fourth-order valence-electron chi connectivity index (χ4n) is 1.93. The van der Waals surface area contributed by atoms with Crippen molar-refractivity contribution in [2.45, 2.75) is 13.0 Å². The van der Waals surface area contributed by atoms with Gasteiger partial charge in [-0.1, -0.05) is 35.3 Å². The van der Waals surface area contributed by atoms with E-state index in [1.54, 1.807) is 6.07 Å². The molecule has 0 saturated carbocycles. The number of carbonyl (C=O) groups is 2. The number of halogens is 2. The number of rotatable bonds is 5. The first-order valence-electron chi connectivity index (χ1n) is 7.25. The molecule has 2 N–H and O–H groups in total. The van der Waals surface area contributed by atoms with Crippen LogP contribution in [-0.4, -0.2) is 22.8 Å². The fourth-order valence-corrected chi connectivity index (χ4v) is 2.38. The number of nitrogens with zero attached hydrogens (tertiary/aromatic N) is 1. The van der Waals surface area contributed by atoms with Crippen molar-refractivity contribution in [2.24, 2.45) is 0 Å². The molecular formula is C16H13Cl2N3O5. The number of amides is 2. The van der Waals surface area contributed by atoms with E-state index in [-0.39, 0.29) is 22.0 Å². The molecule has 2 aromatic carbocycles. The minimum Gasteiger partial charge on any atom is -0.479 e. The molecule has 0 aliphatic heterocycles. The van der Waals surface area contributed by atoms with E-state index >= 15 is 0 Å². The van der Waals surface area contributed by atoms with Crippen molar-refractivity contribution in [3.05, 3.63) is 68.2 Å². The maximum absolute atomic E-state index is 12.0. The Morgan fingerprint density at radius 2 is 1.85 bits per heavy atom. The molecule has 0 aliphatic carbocycles. The van der Waals surface area contributed by atoms with Gasteiger partial charge < -0.3 is 4.74 Å². The van der Waals surface area contributed by atoms with Crippen LogP contribution in [-0.2, 0) is 4.79 Å². The summed E-state index contributed by atoms with van der Waals surface area (Å²) in [5, 5.41) is 11.6. The van der Waals surface area contributed by atoms with E-state index in [4.69, 9.17) is 27.9 Å². The van der Waals surface area contributed by atoms with Gasteiger partial charge in [-0.15, -0.1) is 0 Å². The lowest BCUT2D eigenvalue weighted by Gasteiger charge is -2.16. The lowest BCUT2D eigenvalue weighted by molar-refractivity contribution is -0.385. The van der Waals surface area contributed by atoms with Crippen LogP contribution in [0.15, 0.2) is 42.5 Å². The van der Waals surface area contributed by atoms with Gasteiger partial charge in [-0.2, -0.15) is 0 Å². The minimum atomic E-state index is -1.00. The molecule has 1 atom stereocenters. The number of carbonyl (C=O) groups excluding carboxylic acids is 2. The number of hydrazine groups is 1. The van der Waals surface area contributed by atoms with Crippen molar-refractivity contribution >= 4 is 40.7 Å².